The largest absolute Gasteiger partial charge is 0.497 e. The Morgan fingerprint density at radius 2 is 2.04 bits per heavy atom. The molecule has 1 heterocycles. The van der Waals surface area contributed by atoms with Gasteiger partial charge >= 0.3 is 5.69 Å². The lowest BCUT2D eigenvalue weighted by atomic mass is 10.2. The van der Waals surface area contributed by atoms with Gasteiger partial charge in [0, 0.05) is 17.0 Å². The number of ether oxygens (including phenoxy) is 2. The summed E-state index contributed by atoms with van der Waals surface area (Å²) in [6, 6.07) is 13.9. The van der Waals surface area contributed by atoms with E-state index in [9.17, 15) is 10.1 Å². The van der Waals surface area contributed by atoms with Gasteiger partial charge in [0.2, 0.25) is 0 Å². The summed E-state index contributed by atoms with van der Waals surface area (Å²) in [6.07, 6.45) is 0. The minimum Gasteiger partial charge on any atom is -0.497 e. The summed E-state index contributed by atoms with van der Waals surface area (Å²) in [4.78, 5) is 15.0. The Balaban J connectivity index is 1.74. The molecular formula is C17H14N2O4S. The second-order valence-electron chi connectivity index (χ2n) is 4.89. The quantitative estimate of drug-likeness (QED) is 0.493. The zero-order valence-electron chi connectivity index (χ0n) is 12.8. The highest BCUT2D eigenvalue weighted by Gasteiger charge is 2.14. The molecule has 0 aliphatic rings. The van der Waals surface area contributed by atoms with Gasteiger partial charge in [-0.2, -0.15) is 0 Å². The lowest BCUT2D eigenvalue weighted by Gasteiger charge is -2.04. The molecule has 0 unspecified atom stereocenters. The molecule has 122 valence electrons. The van der Waals surface area contributed by atoms with Gasteiger partial charge in [-0.15, -0.1) is 11.3 Å². The SMILES string of the molecule is COc1cccc(-c2nc(COc3ccccc3[N+](=O)[O-])cs2)c1. The van der Waals surface area contributed by atoms with E-state index >= 15 is 0 Å². The number of hydrogen-bond acceptors (Lipinski definition) is 6. The third kappa shape index (κ3) is 3.52. The summed E-state index contributed by atoms with van der Waals surface area (Å²) in [5.41, 5.74) is 1.62. The van der Waals surface area contributed by atoms with Gasteiger partial charge < -0.3 is 9.47 Å². The van der Waals surface area contributed by atoms with E-state index in [1.165, 1.54) is 17.4 Å². The van der Waals surface area contributed by atoms with E-state index in [2.05, 4.69) is 4.98 Å². The van der Waals surface area contributed by atoms with Gasteiger partial charge in [-0.3, -0.25) is 10.1 Å². The Hall–Kier alpha value is -2.93. The van der Waals surface area contributed by atoms with Gasteiger partial charge in [0.05, 0.1) is 17.7 Å². The molecule has 3 rings (SSSR count). The lowest BCUT2D eigenvalue weighted by Crippen LogP contribution is -1.99. The van der Waals surface area contributed by atoms with Crippen LogP contribution in [0.25, 0.3) is 10.6 Å². The third-order valence-corrected chi connectivity index (χ3v) is 4.25. The molecule has 0 atom stereocenters. The van der Waals surface area contributed by atoms with Gasteiger partial charge in [-0.25, -0.2) is 4.98 Å². The van der Waals surface area contributed by atoms with Crippen molar-refractivity contribution in [3.63, 3.8) is 0 Å². The van der Waals surface area contributed by atoms with Crippen LogP contribution in [0.4, 0.5) is 5.69 Å². The molecule has 6 nitrogen and oxygen atoms in total. The highest BCUT2D eigenvalue weighted by Crippen LogP contribution is 2.29. The van der Waals surface area contributed by atoms with Crippen LogP contribution in [-0.2, 0) is 6.61 Å². The van der Waals surface area contributed by atoms with Crippen LogP contribution >= 0.6 is 11.3 Å². The molecule has 0 aliphatic carbocycles. The monoisotopic (exact) mass is 342 g/mol. The smallest absolute Gasteiger partial charge is 0.310 e. The first-order valence-electron chi connectivity index (χ1n) is 7.12. The van der Waals surface area contributed by atoms with Crippen molar-refractivity contribution in [3.8, 4) is 22.1 Å². The highest BCUT2D eigenvalue weighted by atomic mass is 32.1. The minimum atomic E-state index is -0.460. The van der Waals surface area contributed by atoms with Crippen molar-refractivity contribution in [1.29, 1.82) is 0 Å². The van der Waals surface area contributed by atoms with Gasteiger partial charge in [-0.1, -0.05) is 24.3 Å². The molecule has 24 heavy (non-hydrogen) atoms. The van der Waals surface area contributed by atoms with Crippen molar-refractivity contribution in [1.82, 2.24) is 4.98 Å². The van der Waals surface area contributed by atoms with Gasteiger partial charge in [-0.05, 0) is 18.2 Å². The van der Waals surface area contributed by atoms with Gasteiger partial charge in [0.1, 0.15) is 17.4 Å². The number of benzene rings is 2. The highest BCUT2D eigenvalue weighted by molar-refractivity contribution is 7.13. The molecule has 0 fully saturated rings. The van der Waals surface area contributed by atoms with Crippen molar-refractivity contribution in [2.75, 3.05) is 7.11 Å². The fourth-order valence-electron chi connectivity index (χ4n) is 2.14. The number of para-hydroxylation sites is 2. The predicted molar refractivity (Wildman–Crippen MR) is 91.5 cm³/mol. The molecule has 0 saturated carbocycles. The number of nitro benzene ring substituents is 1. The van der Waals surface area contributed by atoms with E-state index in [0.717, 1.165) is 22.0 Å². The first-order chi connectivity index (χ1) is 11.7. The first-order valence-corrected chi connectivity index (χ1v) is 8.00. The van der Waals surface area contributed by atoms with Crippen LogP contribution in [0, 0.1) is 10.1 Å². The van der Waals surface area contributed by atoms with Crippen LogP contribution in [0.2, 0.25) is 0 Å². The summed E-state index contributed by atoms with van der Waals surface area (Å²) in [7, 11) is 1.62. The van der Waals surface area contributed by atoms with Crippen LogP contribution in [0.5, 0.6) is 11.5 Å². The van der Waals surface area contributed by atoms with Crippen molar-refractivity contribution in [2.45, 2.75) is 6.61 Å². The van der Waals surface area contributed by atoms with Crippen LogP contribution in [0.15, 0.2) is 53.9 Å². The average Bonchev–Trinajstić information content (AvgIpc) is 3.09. The molecule has 0 aliphatic heterocycles. The summed E-state index contributed by atoms with van der Waals surface area (Å²) < 4.78 is 10.8. The van der Waals surface area contributed by atoms with E-state index in [1.54, 1.807) is 25.3 Å². The Labute approximate surface area is 142 Å². The van der Waals surface area contributed by atoms with Crippen LogP contribution < -0.4 is 9.47 Å². The van der Waals surface area contributed by atoms with Crippen LogP contribution in [0.1, 0.15) is 5.69 Å². The number of hydrogen-bond donors (Lipinski definition) is 0. The molecule has 0 radical (unpaired) electrons. The Bertz CT molecular complexity index is 863. The Kier molecular flexibility index (Phi) is 4.72. The normalized spacial score (nSPS) is 10.4. The second kappa shape index (κ2) is 7.10. The van der Waals surface area contributed by atoms with Gasteiger partial charge in [0.25, 0.3) is 0 Å². The average molecular weight is 342 g/mol. The summed E-state index contributed by atoms with van der Waals surface area (Å²) >= 11 is 1.49. The Morgan fingerprint density at radius 3 is 2.83 bits per heavy atom. The fraction of sp³-hybridized carbons (Fsp3) is 0.118. The lowest BCUT2D eigenvalue weighted by molar-refractivity contribution is -0.385. The van der Waals surface area contributed by atoms with Crippen molar-refractivity contribution in [2.24, 2.45) is 0 Å². The third-order valence-electron chi connectivity index (χ3n) is 3.31. The van der Waals surface area contributed by atoms with E-state index in [1.807, 2.05) is 29.6 Å². The molecular weight excluding hydrogens is 328 g/mol. The molecule has 0 saturated heterocycles. The molecule has 0 N–H and O–H groups in total. The van der Waals surface area contributed by atoms with Crippen LogP contribution in [0.3, 0.4) is 0 Å². The summed E-state index contributed by atoms with van der Waals surface area (Å²) in [6.45, 7) is 0.172. The number of nitrogens with zero attached hydrogens (tertiary/aromatic N) is 2. The summed E-state index contributed by atoms with van der Waals surface area (Å²) in [5.74, 6) is 0.999. The molecule has 1 aromatic heterocycles. The predicted octanol–water partition coefficient (Wildman–Crippen LogP) is 4.31. The van der Waals surface area contributed by atoms with Crippen molar-refractivity contribution in [3.05, 3.63) is 69.7 Å². The van der Waals surface area contributed by atoms with Gasteiger partial charge in [0.15, 0.2) is 5.75 Å². The zero-order valence-corrected chi connectivity index (χ0v) is 13.7. The number of nitro groups is 1. The number of methoxy groups -OCH3 is 1. The van der Waals surface area contributed by atoms with E-state index < -0.39 is 4.92 Å². The summed E-state index contributed by atoms with van der Waals surface area (Å²) in [5, 5.41) is 13.7. The Morgan fingerprint density at radius 1 is 1.21 bits per heavy atom. The molecule has 7 heteroatoms. The number of aromatic nitrogens is 1. The second-order valence-corrected chi connectivity index (χ2v) is 5.75. The zero-order chi connectivity index (χ0) is 16.9. The topological polar surface area (TPSA) is 74.5 Å². The molecule has 3 aromatic rings. The standard InChI is InChI=1S/C17H14N2O4S/c1-22-14-6-4-5-12(9-14)17-18-13(11-24-17)10-23-16-8-3-2-7-15(16)19(20)21/h2-9,11H,10H2,1H3. The molecule has 0 amide bonds. The maximum atomic E-state index is 11.0. The number of rotatable bonds is 6. The fourth-order valence-corrected chi connectivity index (χ4v) is 2.95. The van der Waals surface area contributed by atoms with Crippen molar-refractivity contribution < 1.29 is 14.4 Å². The minimum absolute atomic E-state index is 0.0549. The van der Waals surface area contributed by atoms with E-state index in [-0.39, 0.29) is 18.0 Å². The molecule has 0 spiro atoms. The van der Waals surface area contributed by atoms with Crippen LogP contribution in [-0.4, -0.2) is 17.0 Å². The maximum Gasteiger partial charge on any atom is 0.310 e. The van der Waals surface area contributed by atoms with Crippen molar-refractivity contribution >= 4 is 17.0 Å². The maximum absolute atomic E-state index is 11.0. The number of thiazole rings is 1. The molecule has 0 bridgehead atoms. The molecule has 2 aromatic carbocycles. The van der Waals surface area contributed by atoms with E-state index in [0.29, 0.717) is 0 Å². The first kappa shape index (κ1) is 15.9. The van der Waals surface area contributed by atoms with E-state index in [4.69, 9.17) is 9.47 Å².